The molecule has 0 saturated heterocycles. The number of rotatable bonds is 4. The quantitative estimate of drug-likeness (QED) is 0.611. The first-order chi connectivity index (χ1) is 7.04. The highest BCUT2D eigenvalue weighted by atomic mass is 16.6. The third-order valence-corrected chi connectivity index (χ3v) is 2.04. The predicted molar refractivity (Wildman–Crippen MR) is 55.3 cm³/mol. The second-order valence-corrected chi connectivity index (χ2v) is 3.47. The summed E-state index contributed by atoms with van der Waals surface area (Å²) in [6.45, 7) is 3.78. The average molecular weight is 211 g/mol. The summed E-state index contributed by atoms with van der Waals surface area (Å²) in [4.78, 5) is 9.75. The molecule has 0 amide bonds. The normalized spacial score (nSPS) is 12.1. The van der Waals surface area contributed by atoms with Crippen LogP contribution in [0.2, 0.25) is 0 Å². The summed E-state index contributed by atoms with van der Waals surface area (Å²) in [6, 6.07) is 2.80. The predicted octanol–water partition coefficient (Wildman–Crippen LogP) is 2.22. The first-order valence-electron chi connectivity index (χ1n) is 4.60. The van der Waals surface area contributed by atoms with Gasteiger partial charge in [0.2, 0.25) is 0 Å². The van der Waals surface area contributed by atoms with Crippen LogP contribution in [0.25, 0.3) is 6.08 Å². The standard InChI is InChI=1S/C10H13NO4/c1-7(2)8(6-12)5-9-3-4-10(15-9)11(13)14/h3-5,7,12H,6H2,1-2H3. The van der Waals surface area contributed by atoms with Gasteiger partial charge < -0.3 is 9.52 Å². The van der Waals surface area contributed by atoms with Crippen LogP contribution in [0.3, 0.4) is 0 Å². The van der Waals surface area contributed by atoms with Gasteiger partial charge in [0.1, 0.15) is 10.7 Å². The zero-order valence-electron chi connectivity index (χ0n) is 8.64. The number of hydrogen-bond acceptors (Lipinski definition) is 4. The van der Waals surface area contributed by atoms with Crippen LogP contribution in [0, 0.1) is 16.0 Å². The van der Waals surface area contributed by atoms with E-state index in [-0.39, 0.29) is 18.4 Å². The lowest BCUT2D eigenvalue weighted by molar-refractivity contribution is -0.402. The summed E-state index contributed by atoms with van der Waals surface area (Å²) >= 11 is 0. The van der Waals surface area contributed by atoms with Crippen LogP contribution in [0.5, 0.6) is 0 Å². The van der Waals surface area contributed by atoms with Gasteiger partial charge >= 0.3 is 5.88 Å². The van der Waals surface area contributed by atoms with Crippen molar-refractivity contribution in [1.82, 2.24) is 0 Å². The molecule has 0 unspecified atom stereocenters. The fourth-order valence-electron chi connectivity index (χ4n) is 1.10. The first-order valence-corrected chi connectivity index (χ1v) is 4.60. The Labute approximate surface area is 87.2 Å². The molecule has 0 aliphatic rings. The SMILES string of the molecule is CC(C)C(=Cc1ccc([N+](=O)[O-])o1)CO. The largest absolute Gasteiger partial charge is 0.433 e. The highest BCUT2D eigenvalue weighted by Gasteiger charge is 2.11. The van der Waals surface area contributed by atoms with Crippen molar-refractivity contribution in [2.24, 2.45) is 5.92 Å². The zero-order chi connectivity index (χ0) is 11.4. The molecule has 82 valence electrons. The van der Waals surface area contributed by atoms with E-state index in [1.807, 2.05) is 13.8 Å². The first kappa shape index (κ1) is 11.5. The number of nitro groups is 1. The van der Waals surface area contributed by atoms with E-state index in [9.17, 15) is 10.1 Å². The van der Waals surface area contributed by atoms with Gasteiger partial charge in [-0.05, 0) is 23.6 Å². The maximum atomic E-state index is 10.3. The molecule has 15 heavy (non-hydrogen) atoms. The molecule has 0 atom stereocenters. The molecule has 0 aliphatic heterocycles. The number of hydrogen-bond donors (Lipinski definition) is 1. The third kappa shape index (κ3) is 2.92. The number of furan rings is 1. The van der Waals surface area contributed by atoms with Crippen LogP contribution >= 0.6 is 0 Å². The van der Waals surface area contributed by atoms with Crippen molar-refractivity contribution in [2.45, 2.75) is 13.8 Å². The van der Waals surface area contributed by atoms with E-state index in [4.69, 9.17) is 9.52 Å². The molecular formula is C10H13NO4. The maximum absolute atomic E-state index is 10.3. The number of aliphatic hydroxyl groups excluding tert-OH is 1. The Balaban J connectivity index is 2.92. The van der Waals surface area contributed by atoms with Gasteiger partial charge in [-0.3, -0.25) is 10.1 Å². The van der Waals surface area contributed by atoms with Crippen LogP contribution < -0.4 is 0 Å². The van der Waals surface area contributed by atoms with Gasteiger partial charge in [0, 0.05) is 0 Å². The summed E-state index contributed by atoms with van der Waals surface area (Å²) in [5, 5.41) is 19.4. The molecule has 0 aromatic carbocycles. The minimum absolute atomic E-state index is 0.0772. The van der Waals surface area contributed by atoms with Crippen molar-refractivity contribution in [3.63, 3.8) is 0 Å². The van der Waals surface area contributed by atoms with Crippen molar-refractivity contribution >= 4 is 12.0 Å². The molecule has 0 saturated carbocycles. The molecule has 1 aromatic rings. The highest BCUT2D eigenvalue weighted by Crippen LogP contribution is 2.20. The summed E-state index contributed by atoms with van der Waals surface area (Å²) < 4.78 is 4.94. The molecule has 0 aliphatic carbocycles. The van der Waals surface area contributed by atoms with E-state index >= 15 is 0 Å². The lowest BCUT2D eigenvalue weighted by Gasteiger charge is -2.05. The molecule has 1 heterocycles. The van der Waals surface area contributed by atoms with E-state index in [2.05, 4.69) is 0 Å². The van der Waals surface area contributed by atoms with Gasteiger partial charge in [-0.15, -0.1) is 0 Å². The molecular weight excluding hydrogens is 198 g/mol. The van der Waals surface area contributed by atoms with Crippen molar-refractivity contribution in [2.75, 3.05) is 6.61 Å². The molecule has 1 rings (SSSR count). The van der Waals surface area contributed by atoms with E-state index in [0.29, 0.717) is 5.76 Å². The fraction of sp³-hybridized carbons (Fsp3) is 0.400. The van der Waals surface area contributed by atoms with Gasteiger partial charge in [0.15, 0.2) is 0 Å². The molecule has 0 radical (unpaired) electrons. The molecule has 5 nitrogen and oxygen atoms in total. The smallest absolute Gasteiger partial charge is 0.401 e. The van der Waals surface area contributed by atoms with E-state index in [1.54, 1.807) is 6.08 Å². The summed E-state index contributed by atoms with van der Waals surface area (Å²) in [7, 11) is 0. The van der Waals surface area contributed by atoms with Gasteiger partial charge in [-0.2, -0.15) is 0 Å². The van der Waals surface area contributed by atoms with E-state index < -0.39 is 4.92 Å². The lowest BCUT2D eigenvalue weighted by Crippen LogP contribution is -1.98. The van der Waals surface area contributed by atoms with E-state index in [1.165, 1.54) is 12.1 Å². The lowest BCUT2D eigenvalue weighted by atomic mass is 10.0. The minimum Gasteiger partial charge on any atom is -0.401 e. The molecule has 1 aromatic heterocycles. The monoisotopic (exact) mass is 211 g/mol. The Hall–Kier alpha value is -1.62. The van der Waals surface area contributed by atoms with Gasteiger partial charge in [-0.1, -0.05) is 13.8 Å². The second-order valence-electron chi connectivity index (χ2n) is 3.47. The van der Waals surface area contributed by atoms with Crippen molar-refractivity contribution in [3.05, 3.63) is 33.6 Å². The van der Waals surface area contributed by atoms with Crippen molar-refractivity contribution in [1.29, 1.82) is 0 Å². The Morgan fingerprint density at radius 2 is 2.33 bits per heavy atom. The Bertz CT molecular complexity index is 379. The van der Waals surface area contributed by atoms with Crippen LogP contribution in [0.4, 0.5) is 5.88 Å². The van der Waals surface area contributed by atoms with Crippen molar-refractivity contribution in [3.8, 4) is 0 Å². The summed E-state index contributed by atoms with van der Waals surface area (Å²) in [6.07, 6.45) is 1.62. The summed E-state index contributed by atoms with van der Waals surface area (Å²) in [5.74, 6) is 0.279. The van der Waals surface area contributed by atoms with Gasteiger partial charge in [0.05, 0.1) is 12.7 Å². The third-order valence-electron chi connectivity index (χ3n) is 2.04. The second kappa shape index (κ2) is 4.75. The minimum atomic E-state index is -0.592. The Morgan fingerprint density at radius 3 is 2.73 bits per heavy atom. The molecule has 0 bridgehead atoms. The molecule has 5 heteroatoms. The van der Waals surface area contributed by atoms with Gasteiger partial charge in [-0.25, -0.2) is 0 Å². The molecule has 0 spiro atoms. The molecule has 0 fully saturated rings. The van der Waals surface area contributed by atoms with Gasteiger partial charge in [0.25, 0.3) is 0 Å². The Kier molecular flexibility index (Phi) is 3.62. The number of aliphatic hydroxyl groups is 1. The van der Waals surface area contributed by atoms with Crippen molar-refractivity contribution < 1.29 is 14.4 Å². The summed E-state index contributed by atoms with van der Waals surface area (Å²) in [5.41, 5.74) is 0.777. The Morgan fingerprint density at radius 1 is 1.67 bits per heavy atom. The van der Waals surface area contributed by atoms with Crippen LogP contribution in [0.15, 0.2) is 22.1 Å². The molecule has 1 N–H and O–H groups in total. The average Bonchev–Trinajstić information content (AvgIpc) is 2.61. The van der Waals surface area contributed by atoms with E-state index in [0.717, 1.165) is 5.57 Å². The topological polar surface area (TPSA) is 76.5 Å². The van der Waals surface area contributed by atoms with Crippen LogP contribution in [-0.4, -0.2) is 16.6 Å². The van der Waals surface area contributed by atoms with Crippen LogP contribution in [-0.2, 0) is 0 Å². The fourth-order valence-corrected chi connectivity index (χ4v) is 1.10. The van der Waals surface area contributed by atoms with Crippen LogP contribution in [0.1, 0.15) is 19.6 Å². The highest BCUT2D eigenvalue weighted by molar-refractivity contribution is 5.49. The number of nitrogens with zero attached hydrogens (tertiary/aromatic N) is 1. The maximum Gasteiger partial charge on any atom is 0.433 e. The zero-order valence-corrected chi connectivity index (χ0v) is 8.64.